The molecule has 4 nitrogen and oxygen atoms in total. The summed E-state index contributed by atoms with van der Waals surface area (Å²) in [7, 11) is 3.77. The molecule has 0 radical (unpaired) electrons. The van der Waals surface area contributed by atoms with Crippen molar-refractivity contribution in [3.63, 3.8) is 0 Å². The van der Waals surface area contributed by atoms with Crippen LogP contribution in [-0.2, 0) is 9.47 Å². The zero-order valence-corrected chi connectivity index (χ0v) is 9.66. The molecular formula is C10H24N2O2. The van der Waals surface area contributed by atoms with Gasteiger partial charge >= 0.3 is 0 Å². The maximum Gasteiger partial charge on any atom is 0.0700 e. The third kappa shape index (κ3) is 7.26. The largest absolute Gasteiger partial charge is 0.382 e. The summed E-state index contributed by atoms with van der Waals surface area (Å²) in [5, 5.41) is 0. The Bertz CT molecular complexity index is 123. The first-order valence-corrected chi connectivity index (χ1v) is 5.19. The highest BCUT2D eigenvalue weighted by Crippen LogP contribution is 1.95. The van der Waals surface area contributed by atoms with E-state index in [1.807, 2.05) is 0 Å². The predicted molar refractivity (Wildman–Crippen MR) is 58.5 cm³/mol. The molecule has 1 atom stereocenters. The van der Waals surface area contributed by atoms with E-state index in [9.17, 15) is 0 Å². The molecule has 0 bridgehead atoms. The lowest BCUT2D eigenvalue weighted by Crippen LogP contribution is -2.36. The van der Waals surface area contributed by atoms with Crippen molar-refractivity contribution in [3.8, 4) is 0 Å². The van der Waals surface area contributed by atoms with Gasteiger partial charge in [-0.25, -0.2) is 0 Å². The van der Waals surface area contributed by atoms with Gasteiger partial charge in [-0.1, -0.05) is 0 Å². The second kappa shape index (κ2) is 9.40. The second-order valence-electron chi connectivity index (χ2n) is 3.52. The molecule has 0 aliphatic rings. The third-order valence-electron chi connectivity index (χ3n) is 2.32. The van der Waals surface area contributed by atoms with Crippen LogP contribution >= 0.6 is 0 Å². The molecule has 0 fully saturated rings. The van der Waals surface area contributed by atoms with Gasteiger partial charge in [-0.3, -0.25) is 0 Å². The lowest BCUT2D eigenvalue weighted by atomic mass is 10.3. The smallest absolute Gasteiger partial charge is 0.0700 e. The summed E-state index contributed by atoms with van der Waals surface area (Å²) in [5.74, 6) is 0. The Labute approximate surface area is 87.4 Å². The minimum absolute atomic E-state index is 0.453. The van der Waals surface area contributed by atoms with Crippen molar-refractivity contribution in [3.05, 3.63) is 0 Å². The highest BCUT2D eigenvalue weighted by Gasteiger charge is 2.05. The van der Waals surface area contributed by atoms with Gasteiger partial charge in [0.2, 0.25) is 0 Å². The van der Waals surface area contributed by atoms with Crippen LogP contribution in [0.5, 0.6) is 0 Å². The van der Waals surface area contributed by atoms with E-state index in [-0.39, 0.29) is 0 Å². The Morgan fingerprint density at radius 3 is 2.57 bits per heavy atom. The van der Waals surface area contributed by atoms with E-state index in [2.05, 4.69) is 18.9 Å². The maximum atomic E-state index is 5.55. The van der Waals surface area contributed by atoms with Crippen LogP contribution in [0.3, 0.4) is 0 Å². The Balaban J connectivity index is 3.18. The number of nitrogens with zero attached hydrogens (tertiary/aromatic N) is 1. The van der Waals surface area contributed by atoms with Crippen molar-refractivity contribution in [1.29, 1.82) is 0 Å². The normalized spacial score (nSPS) is 13.5. The fourth-order valence-electron chi connectivity index (χ4n) is 1.06. The summed E-state index contributed by atoms with van der Waals surface area (Å²) in [4.78, 5) is 2.25. The first kappa shape index (κ1) is 13.8. The van der Waals surface area contributed by atoms with Crippen molar-refractivity contribution in [1.82, 2.24) is 4.90 Å². The molecule has 0 amide bonds. The Hall–Kier alpha value is -0.160. The molecule has 86 valence electrons. The van der Waals surface area contributed by atoms with Crippen molar-refractivity contribution in [2.24, 2.45) is 5.73 Å². The van der Waals surface area contributed by atoms with E-state index in [1.54, 1.807) is 7.11 Å². The number of hydrogen-bond acceptors (Lipinski definition) is 4. The monoisotopic (exact) mass is 204 g/mol. The minimum Gasteiger partial charge on any atom is -0.382 e. The Morgan fingerprint density at radius 2 is 2.00 bits per heavy atom. The van der Waals surface area contributed by atoms with Crippen LogP contribution in [0.25, 0.3) is 0 Å². The van der Waals surface area contributed by atoms with Gasteiger partial charge in [0.1, 0.15) is 0 Å². The summed E-state index contributed by atoms with van der Waals surface area (Å²) in [6, 6.07) is 0.453. The fraction of sp³-hybridized carbons (Fsp3) is 1.00. The number of rotatable bonds is 9. The molecule has 0 aliphatic heterocycles. The molecule has 0 aliphatic carbocycles. The van der Waals surface area contributed by atoms with Crippen LogP contribution in [-0.4, -0.2) is 58.0 Å². The van der Waals surface area contributed by atoms with Crippen molar-refractivity contribution in [2.45, 2.75) is 19.4 Å². The van der Waals surface area contributed by atoms with Gasteiger partial charge in [0, 0.05) is 32.8 Å². The summed E-state index contributed by atoms with van der Waals surface area (Å²) in [5.41, 5.74) is 5.55. The molecule has 1 unspecified atom stereocenters. The standard InChI is InChI=1S/C10H24N2O2/c1-10(9-11)12(2)5-4-6-14-8-7-13-3/h10H,4-9,11H2,1-3H3. The summed E-state index contributed by atoms with van der Waals surface area (Å²) < 4.78 is 10.2. The molecule has 0 heterocycles. The Morgan fingerprint density at radius 1 is 1.29 bits per heavy atom. The lowest BCUT2D eigenvalue weighted by Gasteiger charge is -2.22. The summed E-state index contributed by atoms with van der Waals surface area (Å²) in [6.07, 6.45) is 1.05. The van der Waals surface area contributed by atoms with Crippen molar-refractivity contribution < 1.29 is 9.47 Å². The quantitative estimate of drug-likeness (QED) is 0.549. The summed E-state index contributed by atoms with van der Waals surface area (Å²) in [6.45, 7) is 6.03. The number of likely N-dealkylation sites (N-methyl/N-ethyl adjacent to an activating group) is 1. The molecule has 0 rings (SSSR count). The Kier molecular flexibility index (Phi) is 9.29. The van der Waals surface area contributed by atoms with E-state index >= 15 is 0 Å². The van der Waals surface area contributed by atoms with Crippen LogP contribution in [0.2, 0.25) is 0 Å². The summed E-state index contributed by atoms with van der Waals surface area (Å²) >= 11 is 0. The number of nitrogens with two attached hydrogens (primary N) is 1. The molecule has 4 heteroatoms. The highest BCUT2D eigenvalue weighted by atomic mass is 16.5. The zero-order valence-electron chi connectivity index (χ0n) is 9.66. The van der Waals surface area contributed by atoms with E-state index in [4.69, 9.17) is 15.2 Å². The van der Waals surface area contributed by atoms with Crippen LogP contribution in [0.15, 0.2) is 0 Å². The average Bonchev–Trinajstić information content (AvgIpc) is 2.21. The SMILES string of the molecule is COCCOCCCN(C)C(C)CN. The van der Waals surface area contributed by atoms with Crippen LogP contribution in [0.1, 0.15) is 13.3 Å². The van der Waals surface area contributed by atoms with Crippen molar-refractivity contribution >= 4 is 0 Å². The third-order valence-corrected chi connectivity index (χ3v) is 2.32. The van der Waals surface area contributed by atoms with E-state index in [1.165, 1.54) is 0 Å². The lowest BCUT2D eigenvalue weighted by molar-refractivity contribution is 0.0650. The zero-order chi connectivity index (χ0) is 10.8. The molecule has 0 spiro atoms. The van der Waals surface area contributed by atoms with Gasteiger partial charge in [0.25, 0.3) is 0 Å². The molecule has 14 heavy (non-hydrogen) atoms. The van der Waals surface area contributed by atoms with Crippen LogP contribution in [0.4, 0.5) is 0 Å². The van der Waals surface area contributed by atoms with Gasteiger partial charge in [-0.2, -0.15) is 0 Å². The first-order chi connectivity index (χ1) is 6.72. The number of ether oxygens (including phenoxy) is 2. The van der Waals surface area contributed by atoms with Gasteiger partial charge in [0.15, 0.2) is 0 Å². The van der Waals surface area contributed by atoms with Gasteiger partial charge in [0.05, 0.1) is 13.2 Å². The minimum atomic E-state index is 0.453. The van der Waals surface area contributed by atoms with E-state index in [0.717, 1.165) is 19.6 Å². The molecule has 0 saturated carbocycles. The molecule has 0 aromatic carbocycles. The van der Waals surface area contributed by atoms with E-state index in [0.29, 0.717) is 25.8 Å². The topological polar surface area (TPSA) is 47.7 Å². The average molecular weight is 204 g/mol. The van der Waals surface area contributed by atoms with Gasteiger partial charge in [-0.15, -0.1) is 0 Å². The number of methoxy groups -OCH3 is 1. The molecule has 0 saturated heterocycles. The predicted octanol–water partition coefficient (Wildman–Crippen LogP) is 0.319. The van der Waals surface area contributed by atoms with Crippen LogP contribution in [0, 0.1) is 0 Å². The second-order valence-corrected chi connectivity index (χ2v) is 3.52. The van der Waals surface area contributed by atoms with Crippen LogP contribution < -0.4 is 5.73 Å². The molecular weight excluding hydrogens is 180 g/mol. The fourth-order valence-corrected chi connectivity index (χ4v) is 1.06. The van der Waals surface area contributed by atoms with Gasteiger partial charge in [-0.05, 0) is 20.4 Å². The first-order valence-electron chi connectivity index (χ1n) is 5.19. The maximum absolute atomic E-state index is 5.55. The van der Waals surface area contributed by atoms with Crippen molar-refractivity contribution in [2.75, 3.05) is 47.1 Å². The number of hydrogen-bond donors (Lipinski definition) is 1. The molecule has 0 aromatic heterocycles. The van der Waals surface area contributed by atoms with Gasteiger partial charge < -0.3 is 20.1 Å². The highest BCUT2D eigenvalue weighted by molar-refractivity contribution is 4.62. The molecule has 0 aromatic rings. The van der Waals surface area contributed by atoms with E-state index < -0.39 is 0 Å². The molecule has 2 N–H and O–H groups in total.